The van der Waals surface area contributed by atoms with Crippen LogP contribution in [0.2, 0.25) is 0 Å². The number of nitrogens with one attached hydrogen (secondary N) is 2. The van der Waals surface area contributed by atoms with E-state index in [9.17, 15) is 18.0 Å². The number of aromatic amines is 1. The van der Waals surface area contributed by atoms with Crippen molar-refractivity contribution in [3.63, 3.8) is 0 Å². The molecule has 2 aromatic heterocycles. The fourth-order valence-corrected chi connectivity index (χ4v) is 3.45. The van der Waals surface area contributed by atoms with Crippen LogP contribution in [0.3, 0.4) is 0 Å². The molecule has 9 heteroatoms. The van der Waals surface area contributed by atoms with Gasteiger partial charge in [0.2, 0.25) is 11.7 Å². The molecule has 0 fully saturated rings. The zero-order chi connectivity index (χ0) is 19.2. The van der Waals surface area contributed by atoms with Gasteiger partial charge in [-0.3, -0.25) is 9.69 Å². The number of rotatable bonds is 3. The van der Waals surface area contributed by atoms with Crippen molar-refractivity contribution < 1.29 is 18.0 Å². The number of halogens is 3. The minimum atomic E-state index is -4.54. The molecule has 3 aromatic rings. The van der Waals surface area contributed by atoms with Gasteiger partial charge in [0.1, 0.15) is 0 Å². The second-order valence-electron chi connectivity index (χ2n) is 6.64. The second-order valence-corrected chi connectivity index (χ2v) is 6.64. The largest absolute Gasteiger partial charge is 0.449 e. The molecular formula is C18H18F3N5O. The Kier molecular flexibility index (Phi) is 4.18. The lowest BCUT2D eigenvalue weighted by Gasteiger charge is -2.34. The van der Waals surface area contributed by atoms with Crippen LogP contribution in [0.25, 0.3) is 11.0 Å². The molecular weight excluding hydrogens is 359 g/mol. The number of anilines is 1. The van der Waals surface area contributed by atoms with Crippen LogP contribution in [0.15, 0.2) is 36.5 Å². The van der Waals surface area contributed by atoms with Crippen LogP contribution >= 0.6 is 0 Å². The Morgan fingerprint density at radius 1 is 1.33 bits per heavy atom. The summed E-state index contributed by atoms with van der Waals surface area (Å²) >= 11 is 0. The summed E-state index contributed by atoms with van der Waals surface area (Å²) in [7, 11) is 0. The topological polar surface area (TPSA) is 66.0 Å². The van der Waals surface area contributed by atoms with Gasteiger partial charge < -0.3 is 14.9 Å². The van der Waals surface area contributed by atoms with Crippen LogP contribution in [0, 0.1) is 0 Å². The highest BCUT2D eigenvalue weighted by Gasteiger charge is 2.34. The molecule has 0 spiro atoms. The Bertz CT molecular complexity index is 990. The van der Waals surface area contributed by atoms with Crippen LogP contribution in [-0.4, -0.2) is 38.4 Å². The second kappa shape index (κ2) is 6.41. The Morgan fingerprint density at radius 2 is 2.15 bits per heavy atom. The van der Waals surface area contributed by atoms with E-state index in [1.54, 1.807) is 6.07 Å². The highest BCUT2D eigenvalue weighted by molar-refractivity contribution is 5.94. The fraction of sp³-hybridized carbons (Fsp3) is 0.333. The molecule has 0 bridgehead atoms. The van der Waals surface area contributed by atoms with Gasteiger partial charge in [0.05, 0.1) is 17.6 Å². The number of carbonyl (C=O) groups excluding carboxylic acids is 1. The number of hydrogen-bond donors (Lipinski definition) is 2. The summed E-state index contributed by atoms with van der Waals surface area (Å²) in [6.45, 7) is 3.83. The quantitative estimate of drug-likeness (QED) is 0.735. The van der Waals surface area contributed by atoms with Gasteiger partial charge in [0.25, 0.3) is 0 Å². The summed E-state index contributed by atoms with van der Waals surface area (Å²) < 4.78 is 40.4. The van der Waals surface area contributed by atoms with Gasteiger partial charge in [0.15, 0.2) is 0 Å². The van der Waals surface area contributed by atoms with Gasteiger partial charge in [-0.25, -0.2) is 4.98 Å². The zero-order valence-electron chi connectivity index (χ0n) is 14.5. The Balaban J connectivity index is 1.45. The van der Waals surface area contributed by atoms with E-state index in [2.05, 4.69) is 24.8 Å². The first-order valence-corrected chi connectivity index (χ1v) is 8.57. The maximum absolute atomic E-state index is 12.7. The van der Waals surface area contributed by atoms with E-state index in [0.29, 0.717) is 5.69 Å². The number of H-pyrrole nitrogens is 1. The predicted octanol–water partition coefficient (Wildman–Crippen LogP) is 3.40. The maximum atomic E-state index is 12.7. The molecule has 4 rings (SSSR count). The average molecular weight is 377 g/mol. The molecule has 3 heterocycles. The molecule has 0 saturated heterocycles. The maximum Gasteiger partial charge on any atom is 0.449 e. The van der Waals surface area contributed by atoms with Gasteiger partial charge in [-0.1, -0.05) is 0 Å². The van der Waals surface area contributed by atoms with E-state index < -0.39 is 12.0 Å². The Hall–Kier alpha value is -2.81. The first-order chi connectivity index (χ1) is 12.8. The van der Waals surface area contributed by atoms with Gasteiger partial charge in [0, 0.05) is 36.7 Å². The van der Waals surface area contributed by atoms with E-state index in [1.165, 1.54) is 12.1 Å². The summed E-state index contributed by atoms with van der Waals surface area (Å²) in [5, 5.41) is 2.75. The Morgan fingerprint density at radius 3 is 2.93 bits per heavy atom. The zero-order valence-corrected chi connectivity index (χ0v) is 14.5. The van der Waals surface area contributed by atoms with Gasteiger partial charge in [-0.15, -0.1) is 0 Å². The standard InChI is InChI=1S/C18H18F3N5O/c1-11-15-3-2-6-25(15)7-8-26(11)10-16(27)22-12-4-5-13-14(9-12)24-17(23-13)18(19,20)21/h2-6,9,11H,7-8,10H2,1H3,(H,22,27)(H,23,24). The summed E-state index contributed by atoms with van der Waals surface area (Å²) in [5.41, 5.74) is 2.01. The smallest absolute Gasteiger partial charge is 0.349 e. The van der Waals surface area contributed by atoms with Crippen molar-refractivity contribution >= 4 is 22.6 Å². The number of benzene rings is 1. The molecule has 0 radical (unpaired) electrons. The lowest BCUT2D eigenvalue weighted by molar-refractivity contribution is -0.144. The first kappa shape index (κ1) is 17.6. The number of amides is 1. The third-order valence-corrected chi connectivity index (χ3v) is 4.85. The van der Waals surface area contributed by atoms with Crippen LogP contribution in [-0.2, 0) is 17.5 Å². The monoisotopic (exact) mass is 377 g/mol. The van der Waals surface area contributed by atoms with Crippen molar-refractivity contribution in [2.24, 2.45) is 0 Å². The molecule has 1 aliphatic heterocycles. The summed E-state index contributed by atoms with van der Waals surface area (Å²) in [5.74, 6) is -1.26. The van der Waals surface area contributed by atoms with E-state index in [4.69, 9.17) is 0 Å². The lowest BCUT2D eigenvalue weighted by atomic mass is 10.1. The molecule has 1 unspecified atom stereocenters. The van der Waals surface area contributed by atoms with E-state index in [-0.39, 0.29) is 29.5 Å². The number of hydrogen-bond acceptors (Lipinski definition) is 3. The summed E-state index contributed by atoms with van der Waals surface area (Å²) in [4.78, 5) is 20.2. The molecule has 0 aliphatic carbocycles. The number of nitrogens with zero attached hydrogens (tertiary/aromatic N) is 3. The fourth-order valence-electron chi connectivity index (χ4n) is 3.45. The number of carbonyl (C=O) groups is 1. The van der Waals surface area contributed by atoms with E-state index >= 15 is 0 Å². The van der Waals surface area contributed by atoms with Crippen LogP contribution in [0.1, 0.15) is 24.5 Å². The molecule has 2 N–H and O–H groups in total. The van der Waals surface area contributed by atoms with Crippen molar-refractivity contribution in [3.05, 3.63) is 48.0 Å². The SMILES string of the molecule is CC1c2cccn2CCN1CC(=O)Nc1ccc2nc(C(F)(F)F)[nH]c2c1. The third kappa shape index (κ3) is 3.42. The van der Waals surface area contributed by atoms with Crippen LogP contribution in [0.5, 0.6) is 0 Å². The number of aromatic nitrogens is 3. The van der Waals surface area contributed by atoms with Crippen molar-refractivity contribution in [1.29, 1.82) is 0 Å². The highest BCUT2D eigenvalue weighted by atomic mass is 19.4. The van der Waals surface area contributed by atoms with Crippen molar-refractivity contribution in [2.45, 2.75) is 25.7 Å². The minimum Gasteiger partial charge on any atom is -0.349 e. The van der Waals surface area contributed by atoms with Crippen molar-refractivity contribution in [2.75, 3.05) is 18.4 Å². The average Bonchev–Trinajstić information content (AvgIpc) is 3.23. The molecule has 6 nitrogen and oxygen atoms in total. The highest BCUT2D eigenvalue weighted by Crippen LogP contribution is 2.29. The normalized spacial score (nSPS) is 17.9. The Labute approximate surface area is 153 Å². The predicted molar refractivity (Wildman–Crippen MR) is 94.1 cm³/mol. The van der Waals surface area contributed by atoms with Gasteiger partial charge >= 0.3 is 6.18 Å². The molecule has 142 valence electrons. The number of fused-ring (bicyclic) bond motifs is 2. The molecule has 1 atom stereocenters. The van der Waals surface area contributed by atoms with E-state index in [0.717, 1.165) is 18.8 Å². The lowest BCUT2D eigenvalue weighted by Crippen LogP contribution is -2.41. The molecule has 27 heavy (non-hydrogen) atoms. The van der Waals surface area contributed by atoms with Crippen LogP contribution < -0.4 is 5.32 Å². The molecule has 1 aromatic carbocycles. The van der Waals surface area contributed by atoms with E-state index in [1.807, 2.05) is 25.3 Å². The van der Waals surface area contributed by atoms with Crippen molar-refractivity contribution in [3.8, 4) is 0 Å². The van der Waals surface area contributed by atoms with Gasteiger partial charge in [-0.2, -0.15) is 13.2 Å². The third-order valence-electron chi connectivity index (χ3n) is 4.85. The summed E-state index contributed by atoms with van der Waals surface area (Å²) in [6, 6.07) is 8.60. The number of alkyl halides is 3. The molecule has 0 saturated carbocycles. The first-order valence-electron chi connectivity index (χ1n) is 8.57. The molecule has 1 aliphatic rings. The summed E-state index contributed by atoms with van der Waals surface area (Å²) in [6.07, 6.45) is -2.51. The number of imidazole rings is 1. The van der Waals surface area contributed by atoms with Crippen LogP contribution in [0.4, 0.5) is 18.9 Å². The van der Waals surface area contributed by atoms with Gasteiger partial charge in [-0.05, 0) is 37.3 Å². The van der Waals surface area contributed by atoms with Crippen molar-refractivity contribution in [1.82, 2.24) is 19.4 Å². The molecule has 1 amide bonds. The minimum absolute atomic E-state index is 0.115.